The third kappa shape index (κ3) is 2.27. The highest BCUT2D eigenvalue weighted by Crippen LogP contribution is 2.19. The van der Waals surface area contributed by atoms with Crippen LogP contribution in [0.4, 0.5) is 6.01 Å². The lowest BCUT2D eigenvalue weighted by atomic mass is 10.1. The molecule has 0 fully saturated rings. The van der Waals surface area contributed by atoms with Crippen molar-refractivity contribution in [1.29, 1.82) is 0 Å². The molecule has 1 aromatic carbocycles. The van der Waals surface area contributed by atoms with Gasteiger partial charge in [-0.1, -0.05) is 6.07 Å². The summed E-state index contributed by atoms with van der Waals surface area (Å²) in [7, 11) is 0. The summed E-state index contributed by atoms with van der Waals surface area (Å²) >= 11 is 0. The number of nitrogens with zero attached hydrogens (tertiary/aromatic N) is 1. The molecule has 15 heavy (non-hydrogen) atoms. The number of hydrogen-bond donors (Lipinski definition) is 2. The van der Waals surface area contributed by atoms with E-state index < -0.39 is 0 Å². The zero-order chi connectivity index (χ0) is 10.8. The molecule has 0 unspecified atom stereocenters. The van der Waals surface area contributed by atoms with Crippen LogP contribution in [0.15, 0.2) is 22.6 Å². The van der Waals surface area contributed by atoms with E-state index in [2.05, 4.69) is 4.98 Å². The molecule has 0 saturated heterocycles. The van der Waals surface area contributed by atoms with E-state index in [-0.39, 0.29) is 12.1 Å². The fourth-order valence-corrected chi connectivity index (χ4v) is 1.54. The van der Waals surface area contributed by atoms with Gasteiger partial charge in [-0.15, -0.1) is 0 Å². The van der Waals surface area contributed by atoms with Gasteiger partial charge in [0.15, 0.2) is 5.58 Å². The Morgan fingerprint density at radius 2 is 2.27 bits per heavy atom. The van der Waals surface area contributed by atoms with Gasteiger partial charge in [0.25, 0.3) is 6.01 Å². The third-order valence-corrected chi connectivity index (χ3v) is 2.36. The molecule has 0 bridgehead atoms. The van der Waals surface area contributed by atoms with Crippen LogP contribution in [-0.4, -0.2) is 11.0 Å². The summed E-state index contributed by atoms with van der Waals surface area (Å²) < 4.78 is 5.19. The quantitative estimate of drug-likeness (QED) is 0.799. The lowest BCUT2D eigenvalue weighted by Gasteiger charge is -2.04. The van der Waals surface area contributed by atoms with Gasteiger partial charge in [-0.3, -0.25) is 0 Å². The van der Waals surface area contributed by atoms with Crippen LogP contribution in [0.3, 0.4) is 0 Å². The summed E-state index contributed by atoms with van der Waals surface area (Å²) in [6, 6.07) is 6.36. The van der Waals surface area contributed by atoms with Gasteiger partial charge in [-0.05, 0) is 37.5 Å². The first-order chi connectivity index (χ1) is 7.15. The van der Waals surface area contributed by atoms with E-state index in [0.717, 1.165) is 23.9 Å². The molecular weight excluding hydrogens is 190 g/mol. The summed E-state index contributed by atoms with van der Waals surface area (Å²) in [5.41, 5.74) is 13.9. The summed E-state index contributed by atoms with van der Waals surface area (Å²) in [4.78, 5) is 4.08. The highest BCUT2D eigenvalue weighted by atomic mass is 16.4. The standard InChI is InChI=1S/C11H15N3O/c1-7(12)2-3-8-4-5-10-9(6-8)14-11(13)15-10/h4-7H,2-3,12H2,1H3,(H2,13,14)/t7-/m0/s1. The first kappa shape index (κ1) is 9.98. The van der Waals surface area contributed by atoms with E-state index >= 15 is 0 Å². The first-order valence-corrected chi connectivity index (χ1v) is 5.05. The fraction of sp³-hybridized carbons (Fsp3) is 0.364. The Kier molecular flexibility index (Phi) is 2.60. The second-order valence-corrected chi connectivity index (χ2v) is 3.87. The molecule has 1 heterocycles. The average molecular weight is 205 g/mol. The van der Waals surface area contributed by atoms with Crippen LogP contribution < -0.4 is 11.5 Å². The maximum absolute atomic E-state index is 5.70. The molecule has 0 amide bonds. The van der Waals surface area contributed by atoms with Crippen LogP contribution in [0.2, 0.25) is 0 Å². The molecule has 80 valence electrons. The highest BCUT2D eigenvalue weighted by Gasteiger charge is 2.04. The molecule has 2 aromatic rings. The molecule has 4 heteroatoms. The number of benzene rings is 1. The molecule has 0 aliphatic heterocycles. The van der Waals surface area contributed by atoms with Gasteiger partial charge < -0.3 is 15.9 Å². The van der Waals surface area contributed by atoms with Crippen LogP contribution >= 0.6 is 0 Å². The fourth-order valence-electron chi connectivity index (χ4n) is 1.54. The van der Waals surface area contributed by atoms with E-state index in [9.17, 15) is 0 Å². The maximum Gasteiger partial charge on any atom is 0.292 e. The van der Waals surface area contributed by atoms with E-state index in [0.29, 0.717) is 0 Å². The maximum atomic E-state index is 5.70. The van der Waals surface area contributed by atoms with Crippen molar-refractivity contribution in [3.05, 3.63) is 23.8 Å². The molecule has 1 aromatic heterocycles. The molecule has 0 saturated carbocycles. The largest absolute Gasteiger partial charge is 0.424 e. The highest BCUT2D eigenvalue weighted by molar-refractivity contribution is 5.74. The Hall–Kier alpha value is -1.55. The summed E-state index contributed by atoms with van der Waals surface area (Å²) in [5, 5.41) is 0. The smallest absolute Gasteiger partial charge is 0.292 e. The first-order valence-electron chi connectivity index (χ1n) is 5.05. The zero-order valence-electron chi connectivity index (χ0n) is 8.73. The molecular formula is C11H15N3O. The van der Waals surface area contributed by atoms with Crippen LogP contribution in [0.5, 0.6) is 0 Å². The Morgan fingerprint density at radius 1 is 1.47 bits per heavy atom. The number of hydrogen-bond acceptors (Lipinski definition) is 4. The number of nitrogens with two attached hydrogens (primary N) is 2. The van der Waals surface area contributed by atoms with Crippen molar-refractivity contribution in [3.8, 4) is 0 Å². The van der Waals surface area contributed by atoms with Crippen LogP contribution in [0.1, 0.15) is 18.9 Å². The summed E-state index contributed by atoms with van der Waals surface area (Å²) in [6.07, 6.45) is 1.93. The van der Waals surface area contributed by atoms with Gasteiger partial charge in [0.1, 0.15) is 5.52 Å². The Labute approximate surface area is 88.3 Å². The molecule has 0 spiro atoms. The number of rotatable bonds is 3. The van der Waals surface area contributed by atoms with E-state index in [1.165, 1.54) is 5.56 Å². The van der Waals surface area contributed by atoms with Crippen LogP contribution in [0.25, 0.3) is 11.1 Å². The van der Waals surface area contributed by atoms with Gasteiger partial charge in [0.2, 0.25) is 0 Å². The van der Waals surface area contributed by atoms with Crippen molar-refractivity contribution in [2.24, 2.45) is 5.73 Å². The van der Waals surface area contributed by atoms with Crippen LogP contribution in [0, 0.1) is 0 Å². The number of aromatic nitrogens is 1. The lowest BCUT2D eigenvalue weighted by molar-refractivity contribution is 0.626. The van der Waals surface area contributed by atoms with E-state index in [1.807, 2.05) is 25.1 Å². The number of nitrogen functional groups attached to an aromatic ring is 1. The molecule has 4 nitrogen and oxygen atoms in total. The van der Waals surface area contributed by atoms with Crippen molar-refractivity contribution in [2.75, 3.05) is 5.73 Å². The van der Waals surface area contributed by atoms with Crippen molar-refractivity contribution < 1.29 is 4.42 Å². The minimum atomic E-state index is 0.217. The normalized spacial score (nSPS) is 13.2. The minimum Gasteiger partial charge on any atom is -0.424 e. The van der Waals surface area contributed by atoms with Crippen molar-refractivity contribution >= 4 is 17.1 Å². The zero-order valence-corrected chi connectivity index (χ0v) is 8.73. The molecule has 0 radical (unpaired) electrons. The molecule has 1 atom stereocenters. The summed E-state index contributed by atoms with van der Waals surface area (Å²) in [5.74, 6) is 0. The lowest BCUT2D eigenvalue weighted by Crippen LogP contribution is -2.15. The topological polar surface area (TPSA) is 78.1 Å². The number of fused-ring (bicyclic) bond motifs is 1. The van der Waals surface area contributed by atoms with Gasteiger partial charge >= 0.3 is 0 Å². The van der Waals surface area contributed by atoms with Gasteiger partial charge in [0.05, 0.1) is 0 Å². The Morgan fingerprint density at radius 3 is 3.00 bits per heavy atom. The molecule has 4 N–H and O–H groups in total. The van der Waals surface area contributed by atoms with E-state index in [4.69, 9.17) is 15.9 Å². The van der Waals surface area contributed by atoms with Crippen molar-refractivity contribution in [2.45, 2.75) is 25.8 Å². The third-order valence-electron chi connectivity index (χ3n) is 2.36. The average Bonchev–Trinajstić information content (AvgIpc) is 2.53. The monoisotopic (exact) mass is 205 g/mol. The number of oxazole rings is 1. The second-order valence-electron chi connectivity index (χ2n) is 3.87. The Balaban J connectivity index is 2.22. The van der Waals surface area contributed by atoms with Gasteiger partial charge in [-0.25, -0.2) is 0 Å². The van der Waals surface area contributed by atoms with Gasteiger partial charge in [-0.2, -0.15) is 4.98 Å². The molecule has 0 aliphatic carbocycles. The molecule has 0 aliphatic rings. The van der Waals surface area contributed by atoms with E-state index in [1.54, 1.807) is 0 Å². The number of anilines is 1. The van der Waals surface area contributed by atoms with Crippen molar-refractivity contribution in [3.63, 3.8) is 0 Å². The van der Waals surface area contributed by atoms with Gasteiger partial charge in [0, 0.05) is 6.04 Å². The van der Waals surface area contributed by atoms with Crippen molar-refractivity contribution in [1.82, 2.24) is 4.98 Å². The predicted octanol–water partition coefficient (Wildman–Crippen LogP) is 1.69. The SMILES string of the molecule is C[C@H](N)CCc1ccc2oc(N)nc2c1. The summed E-state index contributed by atoms with van der Waals surface area (Å²) in [6.45, 7) is 2.01. The predicted molar refractivity (Wildman–Crippen MR) is 60.4 cm³/mol. The second kappa shape index (κ2) is 3.90. The minimum absolute atomic E-state index is 0.217. The number of aryl methyl sites for hydroxylation is 1. The van der Waals surface area contributed by atoms with Crippen LogP contribution in [-0.2, 0) is 6.42 Å². The Bertz CT molecular complexity index is 462. The molecule has 2 rings (SSSR count).